The van der Waals surface area contributed by atoms with Crippen LogP contribution in [0.3, 0.4) is 0 Å². The van der Waals surface area contributed by atoms with Gasteiger partial charge in [0.2, 0.25) is 0 Å². The lowest BCUT2D eigenvalue weighted by molar-refractivity contribution is -0.141. The van der Waals surface area contributed by atoms with E-state index in [0.29, 0.717) is 22.1 Å². The number of carbonyl (C=O) groups is 3. The van der Waals surface area contributed by atoms with E-state index in [1.165, 1.54) is 13.0 Å². The van der Waals surface area contributed by atoms with Crippen molar-refractivity contribution in [2.75, 3.05) is 13.2 Å². The van der Waals surface area contributed by atoms with Gasteiger partial charge < -0.3 is 9.15 Å². The third-order valence-corrected chi connectivity index (χ3v) is 5.04. The van der Waals surface area contributed by atoms with Crippen LogP contribution in [0.25, 0.3) is 17.4 Å². The van der Waals surface area contributed by atoms with E-state index in [-0.39, 0.29) is 36.3 Å². The summed E-state index contributed by atoms with van der Waals surface area (Å²) in [5.41, 5.74) is 1.06. The number of halogens is 1. The van der Waals surface area contributed by atoms with Crippen LogP contribution in [0, 0.1) is 11.3 Å². The Morgan fingerprint density at radius 3 is 2.65 bits per heavy atom. The topological polar surface area (TPSA) is 101 Å². The Balaban J connectivity index is 1.91. The van der Waals surface area contributed by atoms with E-state index in [1.54, 1.807) is 25.1 Å². The molecule has 0 spiro atoms. The van der Waals surface area contributed by atoms with E-state index in [4.69, 9.17) is 20.8 Å². The summed E-state index contributed by atoms with van der Waals surface area (Å²) in [5.74, 6) is -0.750. The number of nitrogens with zero attached hydrogens (tertiary/aromatic N) is 2. The quantitative estimate of drug-likeness (QED) is 0.290. The number of esters is 1. The molecule has 158 valence electrons. The second-order valence-electron chi connectivity index (χ2n) is 6.81. The molecule has 0 atom stereocenters. The fourth-order valence-electron chi connectivity index (χ4n) is 3.15. The minimum atomic E-state index is -0.666. The van der Waals surface area contributed by atoms with E-state index in [2.05, 4.69) is 0 Å². The van der Waals surface area contributed by atoms with Crippen LogP contribution in [0.15, 0.2) is 57.5 Å². The molecule has 0 aliphatic carbocycles. The number of carbonyl (C=O) groups excluding carboxylic acids is 3. The number of hydrogen-bond acceptors (Lipinski definition) is 6. The standard InChI is InChI=1S/C23H19ClN2O5/c1-14-18(12-16-8-9-21(31-16)17-6-3-4-7-20(17)24)22(28)26(23(29)19(14)13-25)10-5-11-30-15(2)27/h3-4,6-9,12H,5,10-11H2,1-2H3/b18-12+. The Hall–Kier alpha value is -3.63. The third kappa shape index (κ3) is 4.76. The number of ether oxygens (including phenoxy) is 1. The van der Waals surface area contributed by atoms with Crippen molar-refractivity contribution in [3.63, 3.8) is 0 Å². The summed E-state index contributed by atoms with van der Waals surface area (Å²) in [4.78, 5) is 37.5. The Kier molecular flexibility index (Phi) is 6.73. The van der Waals surface area contributed by atoms with Crippen LogP contribution in [-0.4, -0.2) is 35.8 Å². The van der Waals surface area contributed by atoms with E-state index in [1.807, 2.05) is 24.3 Å². The zero-order valence-corrected chi connectivity index (χ0v) is 17.7. The van der Waals surface area contributed by atoms with E-state index in [9.17, 15) is 19.6 Å². The van der Waals surface area contributed by atoms with Gasteiger partial charge in [0.15, 0.2) is 0 Å². The van der Waals surface area contributed by atoms with Gasteiger partial charge in [-0.3, -0.25) is 19.3 Å². The smallest absolute Gasteiger partial charge is 0.302 e. The van der Waals surface area contributed by atoms with Gasteiger partial charge in [0.25, 0.3) is 11.8 Å². The molecule has 0 bridgehead atoms. The van der Waals surface area contributed by atoms with Gasteiger partial charge in [0.1, 0.15) is 23.2 Å². The van der Waals surface area contributed by atoms with Gasteiger partial charge >= 0.3 is 5.97 Å². The summed E-state index contributed by atoms with van der Waals surface area (Å²) in [5, 5.41) is 9.97. The summed E-state index contributed by atoms with van der Waals surface area (Å²) in [6, 6.07) is 12.5. The monoisotopic (exact) mass is 438 g/mol. The first-order chi connectivity index (χ1) is 14.8. The van der Waals surface area contributed by atoms with Crippen molar-refractivity contribution < 1.29 is 23.5 Å². The van der Waals surface area contributed by atoms with Gasteiger partial charge in [-0.05, 0) is 49.3 Å². The second-order valence-corrected chi connectivity index (χ2v) is 7.21. The van der Waals surface area contributed by atoms with Crippen LogP contribution in [0.4, 0.5) is 0 Å². The molecule has 0 radical (unpaired) electrons. The summed E-state index contributed by atoms with van der Waals surface area (Å²) >= 11 is 6.21. The third-order valence-electron chi connectivity index (χ3n) is 4.71. The average Bonchev–Trinajstić information content (AvgIpc) is 3.19. The van der Waals surface area contributed by atoms with Gasteiger partial charge in [-0.25, -0.2) is 0 Å². The molecule has 0 saturated carbocycles. The Labute approximate surface area is 184 Å². The van der Waals surface area contributed by atoms with Crippen molar-refractivity contribution in [3.8, 4) is 17.4 Å². The van der Waals surface area contributed by atoms with Crippen molar-refractivity contribution in [1.29, 1.82) is 5.26 Å². The number of furan rings is 1. The van der Waals surface area contributed by atoms with Crippen molar-refractivity contribution in [3.05, 3.63) is 63.9 Å². The van der Waals surface area contributed by atoms with Crippen LogP contribution >= 0.6 is 11.6 Å². The molecular formula is C23H19ClN2O5. The molecule has 0 saturated heterocycles. The zero-order valence-electron chi connectivity index (χ0n) is 17.0. The zero-order chi connectivity index (χ0) is 22.5. The molecule has 2 aromatic rings. The predicted octanol–water partition coefficient (Wildman–Crippen LogP) is 4.15. The average molecular weight is 439 g/mol. The maximum absolute atomic E-state index is 13.0. The van der Waals surface area contributed by atoms with Gasteiger partial charge in [0, 0.05) is 24.6 Å². The van der Waals surface area contributed by atoms with Crippen LogP contribution in [0.5, 0.6) is 0 Å². The lowest BCUT2D eigenvalue weighted by Crippen LogP contribution is -2.43. The highest BCUT2D eigenvalue weighted by Crippen LogP contribution is 2.31. The highest BCUT2D eigenvalue weighted by molar-refractivity contribution is 6.33. The Morgan fingerprint density at radius 2 is 1.97 bits per heavy atom. The van der Waals surface area contributed by atoms with E-state index < -0.39 is 17.8 Å². The fraction of sp³-hybridized carbons (Fsp3) is 0.217. The molecule has 1 aliphatic heterocycles. The Bertz CT molecular complexity index is 1150. The second kappa shape index (κ2) is 9.45. The van der Waals surface area contributed by atoms with Gasteiger partial charge in [-0.2, -0.15) is 5.26 Å². The molecule has 1 aromatic heterocycles. The normalized spacial score (nSPS) is 15.4. The maximum atomic E-state index is 13.0. The van der Waals surface area contributed by atoms with E-state index >= 15 is 0 Å². The van der Waals surface area contributed by atoms with Crippen LogP contribution < -0.4 is 0 Å². The molecule has 2 amide bonds. The fourth-order valence-corrected chi connectivity index (χ4v) is 3.38. The largest absolute Gasteiger partial charge is 0.466 e. The van der Waals surface area contributed by atoms with Crippen molar-refractivity contribution >= 4 is 35.5 Å². The SMILES string of the molecule is CC(=O)OCCCN1C(=O)C(C#N)=C(C)/C(=C\c2ccc(-c3ccccc3Cl)o2)C1=O. The molecule has 31 heavy (non-hydrogen) atoms. The molecule has 1 aromatic carbocycles. The summed E-state index contributed by atoms with van der Waals surface area (Å²) in [6.45, 7) is 2.91. The highest BCUT2D eigenvalue weighted by Gasteiger charge is 2.35. The molecule has 7 nitrogen and oxygen atoms in total. The number of nitriles is 1. The molecular weight excluding hydrogens is 420 g/mol. The lowest BCUT2D eigenvalue weighted by atomic mass is 9.94. The molecule has 2 heterocycles. The molecule has 0 unspecified atom stereocenters. The highest BCUT2D eigenvalue weighted by atomic mass is 35.5. The van der Waals surface area contributed by atoms with Gasteiger partial charge in [0.05, 0.1) is 11.6 Å². The number of benzene rings is 1. The summed E-state index contributed by atoms with van der Waals surface area (Å²) in [6.07, 6.45) is 1.76. The minimum absolute atomic E-state index is 0.0176. The maximum Gasteiger partial charge on any atom is 0.302 e. The van der Waals surface area contributed by atoms with Gasteiger partial charge in [-0.1, -0.05) is 23.7 Å². The van der Waals surface area contributed by atoms with Crippen LogP contribution in [0.2, 0.25) is 5.02 Å². The van der Waals surface area contributed by atoms with Crippen LogP contribution in [-0.2, 0) is 19.1 Å². The molecule has 3 rings (SSSR count). The lowest BCUT2D eigenvalue weighted by Gasteiger charge is -2.27. The van der Waals surface area contributed by atoms with Gasteiger partial charge in [-0.15, -0.1) is 0 Å². The van der Waals surface area contributed by atoms with Crippen molar-refractivity contribution in [1.82, 2.24) is 4.90 Å². The van der Waals surface area contributed by atoms with E-state index in [0.717, 1.165) is 4.90 Å². The van der Waals surface area contributed by atoms with Crippen LogP contribution in [0.1, 0.15) is 26.0 Å². The van der Waals surface area contributed by atoms with Crippen molar-refractivity contribution in [2.24, 2.45) is 0 Å². The molecule has 0 N–H and O–H groups in total. The van der Waals surface area contributed by atoms with Crippen molar-refractivity contribution in [2.45, 2.75) is 20.3 Å². The first-order valence-corrected chi connectivity index (χ1v) is 9.88. The molecule has 8 heteroatoms. The number of amides is 2. The summed E-state index contributed by atoms with van der Waals surface area (Å²) < 4.78 is 10.7. The number of imide groups is 1. The summed E-state index contributed by atoms with van der Waals surface area (Å²) in [7, 11) is 0. The number of rotatable bonds is 6. The first kappa shape index (κ1) is 22.1. The first-order valence-electron chi connectivity index (χ1n) is 9.50. The Morgan fingerprint density at radius 1 is 1.23 bits per heavy atom. The minimum Gasteiger partial charge on any atom is -0.466 e. The molecule has 1 aliphatic rings. The number of hydrogen-bond donors (Lipinski definition) is 0. The molecule has 0 fully saturated rings. The predicted molar refractivity (Wildman–Crippen MR) is 113 cm³/mol.